The third-order valence-electron chi connectivity index (χ3n) is 9.70. The molecule has 0 atom stereocenters. The standard InChI is InChI=1S/C44H41N7/c1-29-13-12-16-31(25-29)44(47-43(45)30-14-8-6-9-15-30)46-28-50-39-23-19-33(48(2)3)26-37(39)35-21-22-36-38-27-34(49(4)5)20-24-40(38)51(42(36)41(35)50)32-17-10-7-11-18-32/h6-27H,28H2,1-5H3,(H2,45,46,47). The summed E-state index contributed by atoms with van der Waals surface area (Å²) in [4.78, 5) is 14.6. The van der Waals surface area contributed by atoms with Gasteiger partial charge in [0, 0.05) is 77.9 Å². The number of nitrogens with two attached hydrogens (primary N) is 1. The maximum absolute atomic E-state index is 6.63. The average Bonchev–Trinajstić information content (AvgIpc) is 3.65. The van der Waals surface area contributed by atoms with E-state index in [1.165, 1.54) is 21.5 Å². The van der Waals surface area contributed by atoms with Gasteiger partial charge in [-0.3, -0.25) is 0 Å². The number of para-hydroxylation sites is 1. The van der Waals surface area contributed by atoms with Crippen molar-refractivity contribution in [2.24, 2.45) is 15.7 Å². The van der Waals surface area contributed by atoms with Gasteiger partial charge in [-0.2, -0.15) is 0 Å². The third-order valence-corrected chi connectivity index (χ3v) is 9.70. The van der Waals surface area contributed by atoms with Crippen LogP contribution in [0.3, 0.4) is 0 Å². The number of hydrogen-bond donors (Lipinski definition) is 1. The minimum Gasteiger partial charge on any atom is -0.383 e. The van der Waals surface area contributed by atoms with Crippen LogP contribution in [-0.4, -0.2) is 49.0 Å². The van der Waals surface area contributed by atoms with Crippen molar-refractivity contribution in [3.05, 3.63) is 150 Å². The lowest BCUT2D eigenvalue weighted by Crippen LogP contribution is -2.16. The maximum atomic E-state index is 6.63. The zero-order valence-electron chi connectivity index (χ0n) is 29.7. The Morgan fingerprint density at radius 1 is 0.588 bits per heavy atom. The summed E-state index contributed by atoms with van der Waals surface area (Å²) in [7, 11) is 8.35. The number of aryl methyl sites for hydroxylation is 1. The van der Waals surface area contributed by atoms with Crippen LogP contribution in [0.15, 0.2) is 143 Å². The van der Waals surface area contributed by atoms with Crippen LogP contribution in [0, 0.1) is 6.92 Å². The molecular formula is C44H41N7. The lowest BCUT2D eigenvalue weighted by Gasteiger charge is -2.13. The number of hydrogen-bond acceptors (Lipinski definition) is 3. The van der Waals surface area contributed by atoms with Crippen LogP contribution in [-0.2, 0) is 6.67 Å². The molecule has 51 heavy (non-hydrogen) atoms. The summed E-state index contributed by atoms with van der Waals surface area (Å²) < 4.78 is 4.76. The summed E-state index contributed by atoms with van der Waals surface area (Å²) in [5.41, 5.74) is 17.5. The van der Waals surface area contributed by atoms with Crippen molar-refractivity contribution in [1.82, 2.24) is 9.13 Å². The first kappa shape index (κ1) is 31.9. The minimum absolute atomic E-state index is 0.342. The number of amidine groups is 2. The van der Waals surface area contributed by atoms with Crippen molar-refractivity contribution < 1.29 is 0 Å². The molecule has 0 unspecified atom stereocenters. The third kappa shape index (κ3) is 5.66. The van der Waals surface area contributed by atoms with E-state index in [0.29, 0.717) is 18.3 Å². The average molecular weight is 668 g/mol. The highest BCUT2D eigenvalue weighted by Crippen LogP contribution is 2.42. The maximum Gasteiger partial charge on any atom is 0.158 e. The molecule has 8 rings (SSSR count). The van der Waals surface area contributed by atoms with Crippen LogP contribution >= 0.6 is 0 Å². The molecule has 0 spiro atoms. The number of anilines is 2. The van der Waals surface area contributed by atoms with E-state index in [2.05, 4.69) is 151 Å². The molecule has 0 amide bonds. The van der Waals surface area contributed by atoms with Gasteiger partial charge in [-0.15, -0.1) is 0 Å². The highest BCUT2D eigenvalue weighted by molar-refractivity contribution is 6.24. The summed E-state index contributed by atoms with van der Waals surface area (Å²) in [6.45, 7) is 2.43. The van der Waals surface area contributed by atoms with E-state index in [4.69, 9.17) is 15.7 Å². The monoisotopic (exact) mass is 667 g/mol. The second-order valence-electron chi connectivity index (χ2n) is 13.5. The highest BCUT2D eigenvalue weighted by atomic mass is 15.1. The SMILES string of the molecule is Cc1cccc(/C(N=C(N)c2ccccc2)=N/Cn2c3ccc(N(C)C)cc3c3ccc4c5cc(N(C)C)ccc5n(-c5ccccc5)c4c32)c1. The van der Waals surface area contributed by atoms with Gasteiger partial charge < -0.3 is 24.7 Å². The van der Waals surface area contributed by atoms with Crippen LogP contribution in [0.25, 0.3) is 49.3 Å². The number of aliphatic imine (C=N–C) groups is 2. The molecule has 2 N–H and O–H groups in total. The molecule has 0 saturated carbocycles. The molecular weight excluding hydrogens is 627 g/mol. The fourth-order valence-electron chi connectivity index (χ4n) is 7.11. The van der Waals surface area contributed by atoms with Crippen LogP contribution in [0.1, 0.15) is 16.7 Å². The van der Waals surface area contributed by atoms with Crippen LogP contribution in [0.2, 0.25) is 0 Å². The molecule has 7 heteroatoms. The van der Waals surface area contributed by atoms with Gasteiger partial charge in [0.15, 0.2) is 5.84 Å². The fourth-order valence-corrected chi connectivity index (χ4v) is 7.11. The number of fused-ring (bicyclic) bond motifs is 7. The number of benzene rings is 6. The zero-order chi connectivity index (χ0) is 35.2. The zero-order valence-corrected chi connectivity index (χ0v) is 29.7. The first-order valence-electron chi connectivity index (χ1n) is 17.2. The number of nitrogens with zero attached hydrogens (tertiary/aromatic N) is 6. The van der Waals surface area contributed by atoms with Gasteiger partial charge in [0.1, 0.15) is 12.5 Å². The molecule has 2 aromatic heterocycles. The molecule has 252 valence electrons. The summed E-state index contributed by atoms with van der Waals surface area (Å²) >= 11 is 0. The Morgan fingerprint density at radius 3 is 1.82 bits per heavy atom. The van der Waals surface area contributed by atoms with E-state index in [9.17, 15) is 0 Å². The normalized spacial score (nSPS) is 12.4. The van der Waals surface area contributed by atoms with E-state index < -0.39 is 0 Å². The van der Waals surface area contributed by atoms with Gasteiger partial charge >= 0.3 is 0 Å². The summed E-state index contributed by atoms with van der Waals surface area (Å²) in [6.07, 6.45) is 0. The smallest absolute Gasteiger partial charge is 0.158 e. The van der Waals surface area contributed by atoms with E-state index in [0.717, 1.165) is 55.8 Å². The predicted molar refractivity (Wildman–Crippen MR) is 217 cm³/mol. The van der Waals surface area contributed by atoms with Gasteiger partial charge in [0.05, 0.1) is 22.1 Å². The van der Waals surface area contributed by atoms with Crippen molar-refractivity contribution in [2.45, 2.75) is 13.6 Å². The molecule has 2 heterocycles. The predicted octanol–water partition coefficient (Wildman–Crippen LogP) is 9.14. The van der Waals surface area contributed by atoms with Crippen molar-refractivity contribution in [3.8, 4) is 5.69 Å². The molecule has 8 aromatic rings. The van der Waals surface area contributed by atoms with Gasteiger partial charge in [0.25, 0.3) is 0 Å². The Bertz CT molecular complexity index is 2620. The van der Waals surface area contributed by atoms with Crippen molar-refractivity contribution in [1.29, 1.82) is 0 Å². The van der Waals surface area contributed by atoms with Crippen LogP contribution in [0.4, 0.5) is 11.4 Å². The Kier molecular flexibility index (Phi) is 8.03. The molecule has 6 aromatic carbocycles. The first-order valence-corrected chi connectivity index (χ1v) is 17.2. The fraction of sp³-hybridized carbons (Fsp3) is 0.136. The molecule has 7 nitrogen and oxygen atoms in total. The second-order valence-corrected chi connectivity index (χ2v) is 13.5. The lowest BCUT2D eigenvalue weighted by molar-refractivity contribution is 0.792. The van der Waals surface area contributed by atoms with Crippen molar-refractivity contribution >= 4 is 66.7 Å². The molecule has 0 saturated heterocycles. The largest absolute Gasteiger partial charge is 0.383 e. The van der Waals surface area contributed by atoms with E-state index in [1.807, 2.05) is 36.4 Å². The number of rotatable bonds is 7. The van der Waals surface area contributed by atoms with Gasteiger partial charge in [-0.05, 0) is 61.5 Å². The molecule has 0 radical (unpaired) electrons. The Morgan fingerprint density at radius 2 is 1.18 bits per heavy atom. The van der Waals surface area contributed by atoms with Crippen LogP contribution < -0.4 is 15.5 Å². The molecule has 0 aliphatic carbocycles. The Labute approximate surface area is 298 Å². The molecule has 0 aliphatic rings. The Balaban J connectivity index is 1.46. The van der Waals surface area contributed by atoms with Crippen molar-refractivity contribution in [3.63, 3.8) is 0 Å². The first-order chi connectivity index (χ1) is 24.8. The summed E-state index contributed by atoms with van der Waals surface area (Å²) in [6, 6.07) is 46.8. The van der Waals surface area contributed by atoms with Crippen LogP contribution in [0.5, 0.6) is 0 Å². The Hall–Kier alpha value is -6.34. The quantitative estimate of drug-likeness (QED) is 0.136. The van der Waals surface area contributed by atoms with Crippen molar-refractivity contribution in [2.75, 3.05) is 38.0 Å². The summed E-state index contributed by atoms with van der Waals surface area (Å²) in [5.74, 6) is 1.02. The number of aromatic nitrogens is 2. The highest BCUT2D eigenvalue weighted by Gasteiger charge is 2.21. The van der Waals surface area contributed by atoms with Gasteiger partial charge in [-0.1, -0.05) is 84.4 Å². The van der Waals surface area contributed by atoms with Gasteiger partial charge in [0.2, 0.25) is 0 Å². The van der Waals surface area contributed by atoms with E-state index in [1.54, 1.807) is 0 Å². The minimum atomic E-state index is 0.342. The van der Waals surface area contributed by atoms with E-state index in [-0.39, 0.29) is 0 Å². The summed E-state index contributed by atoms with van der Waals surface area (Å²) in [5, 5.41) is 4.75. The molecule has 0 bridgehead atoms. The second kappa shape index (κ2) is 12.8. The van der Waals surface area contributed by atoms with E-state index >= 15 is 0 Å². The molecule has 0 aliphatic heterocycles. The topological polar surface area (TPSA) is 67.1 Å². The lowest BCUT2D eigenvalue weighted by atomic mass is 10.1. The van der Waals surface area contributed by atoms with Gasteiger partial charge in [-0.25, -0.2) is 9.98 Å². The molecule has 0 fully saturated rings.